The van der Waals surface area contributed by atoms with E-state index in [1.54, 1.807) is 24.3 Å². The summed E-state index contributed by atoms with van der Waals surface area (Å²) in [5.41, 5.74) is 2.06. The first-order valence-electron chi connectivity index (χ1n) is 8.75. The largest absolute Gasteiger partial charge is 0.325 e. The second-order valence-corrected chi connectivity index (χ2v) is 8.71. The summed E-state index contributed by atoms with van der Waals surface area (Å²) in [4.78, 5) is 12.4. The fourth-order valence-corrected chi connectivity index (χ4v) is 3.55. The molecule has 0 aliphatic rings. The SMILES string of the molecule is CC(C)c1ccccc1NC(=O)CN(CCc1ccccc1F)S(C)(=O)=O. The van der Waals surface area contributed by atoms with Crippen molar-refractivity contribution in [1.29, 1.82) is 0 Å². The Labute approximate surface area is 160 Å². The molecule has 0 bridgehead atoms. The van der Waals surface area contributed by atoms with E-state index in [1.807, 2.05) is 32.0 Å². The lowest BCUT2D eigenvalue weighted by Crippen LogP contribution is -2.38. The summed E-state index contributed by atoms with van der Waals surface area (Å²) in [6.07, 6.45) is 1.24. The Kier molecular flexibility index (Phi) is 7.10. The zero-order valence-electron chi connectivity index (χ0n) is 15.8. The molecule has 0 heterocycles. The van der Waals surface area contributed by atoms with E-state index in [4.69, 9.17) is 0 Å². The molecule has 0 aliphatic carbocycles. The van der Waals surface area contributed by atoms with Gasteiger partial charge in [-0.25, -0.2) is 12.8 Å². The molecular formula is C20H25FN2O3S. The highest BCUT2D eigenvalue weighted by Crippen LogP contribution is 2.23. The molecule has 1 amide bonds. The molecule has 1 N–H and O–H groups in total. The number of benzene rings is 2. The van der Waals surface area contributed by atoms with Crippen LogP contribution < -0.4 is 5.32 Å². The third-order valence-electron chi connectivity index (χ3n) is 4.23. The number of hydrogen-bond donors (Lipinski definition) is 1. The monoisotopic (exact) mass is 392 g/mol. The molecule has 0 fully saturated rings. The Morgan fingerprint density at radius 3 is 2.37 bits per heavy atom. The molecule has 0 aliphatic heterocycles. The first-order valence-corrected chi connectivity index (χ1v) is 10.6. The van der Waals surface area contributed by atoms with Crippen LogP contribution in [0.3, 0.4) is 0 Å². The van der Waals surface area contributed by atoms with E-state index in [0.717, 1.165) is 16.1 Å². The second kappa shape index (κ2) is 9.10. The van der Waals surface area contributed by atoms with E-state index in [-0.39, 0.29) is 31.2 Å². The average Bonchev–Trinajstić information content (AvgIpc) is 2.59. The van der Waals surface area contributed by atoms with E-state index in [9.17, 15) is 17.6 Å². The first-order chi connectivity index (χ1) is 12.7. The lowest BCUT2D eigenvalue weighted by Gasteiger charge is -2.20. The van der Waals surface area contributed by atoms with E-state index in [2.05, 4.69) is 5.32 Å². The Morgan fingerprint density at radius 2 is 1.74 bits per heavy atom. The highest BCUT2D eigenvalue weighted by Gasteiger charge is 2.21. The summed E-state index contributed by atoms with van der Waals surface area (Å²) in [6.45, 7) is 3.74. The van der Waals surface area contributed by atoms with Gasteiger partial charge in [-0.2, -0.15) is 4.31 Å². The van der Waals surface area contributed by atoms with E-state index < -0.39 is 15.9 Å². The Hall–Kier alpha value is -2.25. The van der Waals surface area contributed by atoms with Gasteiger partial charge in [0.25, 0.3) is 0 Å². The fraction of sp³-hybridized carbons (Fsp3) is 0.350. The van der Waals surface area contributed by atoms with Crippen LogP contribution in [-0.4, -0.2) is 38.0 Å². The molecule has 27 heavy (non-hydrogen) atoms. The molecule has 0 aromatic heterocycles. The van der Waals surface area contributed by atoms with Gasteiger partial charge in [-0.05, 0) is 35.6 Å². The van der Waals surface area contributed by atoms with E-state index in [0.29, 0.717) is 11.3 Å². The van der Waals surface area contributed by atoms with Gasteiger partial charge < -0.3 is 5.32 Å². The van der Waals surface area contributed by atoms with Crippen LogP contribution in [0.2, 0.25) is 0 Å². The van der Waals surface area contributed by atoms with Crippen LogP contribution >= 0.6 is 0 Å². The molecule has 7 heteroatoms. The van der Waals surface area contributed by atoms with Gasteiger partial charge in [-0.15, -0.1) is 0 Å². The van der Waals surface area contributed by atoms with Gasteiger partial charge >= 0.3 is 0 Å². The number of halogens is 1. The van der Waals surface area contributed by atoms with Crippen LogP contribution in [0.5, 0.6) is 0 Å². The van der Waals surface area contributed by atoms with Crippen LogP contribution in [0, 0.1) is 5.82 Å². The van der Waals surface area contributed by atoms with Crippen LogP contribution in [0.25, 0.3) is 0 Å². The van der Waals surface area contributed by atoms with Gasteiger partial charge in [0.1, 0.15) is 5.82 Å². The number of nitrogens with one attached hydrogen (secondary N) is 1. The van der Waals surface area contributed by atoms with Crippen molar-refractivity contribution in [3.63, 3.8) is 0 Å². The minimum absolute atomic E-state index is 0.0268. The van der Waals surface area contributed by atoms with Crippen molar-refractivity contribution in [3.8, 4) is 0 Å². The van der Waals surface area contributed by atoms with Crippen LogP contribution in [0.4, 0.5) is 10.1 Å². The average molecular weight is 392 g/mol. The molecule has 0 unspecified atom stereocenters. The highest BCUT2D eigenvalue weighted by atomic mass is 32.2. The molecule has 2 rings (SSSR count). The maximum Gasteiger partial charge on any atom is 0.239 e. The minimum Gasteiger partial charge on any atom is -0.325 e. The standard InChI is InChI=1S/C20H25FN2O3S/c1-15(2)17-9-5-7-11-19(17)22-20(24)14-23(27(3,25)26)13-12-16-8-4-6-10-18(16)21/h4-11,15H,12-14H2,1-3H3,(H,22,24). The summed E-state index contributed by atoms with van der Waals surface area (Å²) < 4.78 is 38.9. The van der Waals surface area contributed by atoms with Crippen molar-refractivity contribution >= 4 is 21.6 Å². The van der Waals surface area contributed by atoms with Crippen LogP contribution in [0.1, 0.15) is 30.9 Å². The van der Waals surface area contributed by atoms with Crippen LogP contribution in [-0.2, 0) is 21.2 Å². The number of sulfonamides is 1. The van der Waals surface area contributed by atoms with Gasteiger partial charge in [-0.3, -0.25) is 4.79 Å². The van der Waals surface area contributed by atoms with E-state index >= 15 is 0 Å². The molecule has 0 saturated carbocycles. The molecule has 5 nitrogen and oxygen atoms in total. The molecule has 146 valence electrons. The Bertz CT molecular complexity index is 898. The third kappa shape index (κ3) is 6.15. The lowest BCUT2D eigenvalue weighted by atomic mass is 10.0. The zero-order valence-corrected chi connectivity index (χ0v) is 16.6. The van der Waals surface area contributed by atoms with Gasteiger partial charge in [0.2, 0.25) is 15.9 Å². The summed E-state index contributed by atoms with van der Waals surface area (Å²) >= 11 is 0. The van der Waals surface area contributed by atoms with Crippen molar-refractivity contribution < 1.29 is 17.6 Å². The number of anilines is 1. The minimum atomic E-state index is -3.61. The normalized spacial score (nSPS) is 11.8. The summed E-state index contributed by atoms with van der Waals surface area (Å²) in [5.74, 6) is -0.600. The van der Waals surface area contributed by atoms with Gasteiger partial charge in [-0.1, -0.05) is 50.2 Å². The predicted octanol–water partition coefficient (Wildman–Crippen LogP) is 3.39. The van der Waals surface area contributed by atoms with Crippen molar-refractivity contribution in [2.75, 3.05) is 24.7 Å². The zero-order chi connectivity index (χ0) is 20.0. The number of amides is 1. The molecule has 0 radical (unpaired) electrons. The number of nitrogens with zero attached hydrogens (tertiary/aromatic N) is 1. The van der Waals surface area contributed by atoms with Crippen molar-refractivity contribution in [2.45, 2.75) is 26.2 Å². The number of carbonyl (C=O) groups is 1. The van der Waals surface area contributed by atoms with Crippen LogP contribution in [0.15, 0.2) is 48.5 Å². The molecule has 2 aromatic rings. The molecular weight excluding hydrogens is 367 g/mol. The smallest absolute Gasteiger partial charge is 0.239 e. The van der Waals surface area contributed by atoms with Gasteiger partial charge in [0, 0.05) is 12.2 Å². The maximum atomic E-state index is 13.8. The topological polar surface area (TPSA) is 66.5 Å². The first kappa shape index (κ1) is 21.1. The Morgan fingerprint density at radius 1 is 1.11 bits per heavy atom. The lowest BCUT2D eigenvalue weighted by molar-refractivity contribution is -0.116. The number of hydrogen-bond acceptors (Lipinski definition) is 3. The molecule has 2 aromatic carbocycles. The summed E-state index contributed by atoms with van der Waals surface area (Å²) in [7, 11) is -3.61. The van der Waals surface area contributed by atoms with Crippen molar-refractivity contribution in [2.24, 2.45) is 0 Å². The van der Waals surface area contributed by atoms with Crippen molar-refractivity contribution in [1.82, 2.24) is 4.31 Å². The third-order valence-corrected chi connectivity index (χ3v) is 5.48. The summed E-state index contributed by atoms with van der Waals surface area (Å²) in [6, 6.07) is 13.6. The molecule has 0 spiro atoms. The summed E-state index contributed by atoms with van der Waals surface area (Å²) in [5, 5.41) is 2.78. The quantitative estimate of drug-likeness (QED) is 0.749. The number of para-hydroxylation sites is 1. The molecule has 0 atom stereocenters. The van der Waals surface area contributed by atoms with Gasteiger partial charge in [0.15, 0.2) is 0 Å². The fourth-order valence-electron chi connectivity index (χ4n) is 2.77. The number of carbonyl (C=O) groups excluding carboxylic acids is 1. The predicted molar refractivity (Wildman–Crippen MR) is 106 cm³/mol. The van der Waals surface area contributed by atoms with Crippen molar-refractivity contribution in [3.05, 3.63) is 65.5 Å². The highest BCUT2D eigenvalue weighted by molar-refractivity contribution is 7.88. The number of rotatable bonds is 8. The van der Waals surface area contributed by atoms with E-state index in [1.165, 1.54) is 6.07 Å². The van der Waals surface area contributed by atoms with Gasteiger partial charge in [0.05, 0.1) is 12.8 Å². The second-order valence-electron chi connectivity index (χ2n) is 6.73. The Balaban J connectivity index is 2.08. The molecule has 0 saturated heterocycles. The maximum absolute atomic E-state index is 13.8.